The molecule has 26 heavy (non-hydrogen) atoms. The number of hydrogen-bond acceptors (Lipinski definition) is 5. The quantitative estimate of drug-likeness (QED) is 0.892. The summed E-state index contributed by atoms with van der Waals surface area (Å²) < 4.78 is 5.37. The smallest absolute Gasteiger partial charge is 0.276 e. The summed E-state index contributed by atoms with van der Waals surface area (Å²) in [6.07, 6.45) is 2.10. The van der Waals surface area contributed by atoms with E-state index in [-0.39, 0.29) is 12.0 Å². The molecule has 1 aromatic carbocycles. The number of hydrogen-bond donors (Lipinski definition) is 1. The molecule has 3 heterocycles. The van der Waals surface area contributed by atoms with Gasteiger partial charge in [-0.25, -0.2) is 0 Å². The summed E-state index contributed by atoms with van der Waals surface area (Å²) in [6, 6.07) is 7.56. The van der Waals surface area contributed by atoms with E-state index < -0.39 is 0 Å². The minimum absolute atomic E-state index is 0.111. The van der Waals surface area contributed by atoms with E-state index >= 15 is 0 Å². The maximum atomic E-state index is 12.8. The molecule has 0 spiro atoms. The maximum absolute atomic E-state index is 12.8. The van der Waals surface area contributed by atoms with Crippen LogP contribution in [0.2, 0.25) is 5.02 Å². The number of amides is 1. The van der Waals surface area contributed by atoms with Gasteiger partial charge < -0.3 is 14.5 Å². The molecule has 0 aliphatic carbocycles. The van der Waals surface area contributed by atoms with Gasteiger partial charge in [0, 0.05) is 37.3 Å². The molecule has 1 aromatic heterocycles. The second kappa shape index (κ2) is 7.39. The predicted octanol–water partition coefficient (Wildman–Crippen LogP) is 2.48. The number of aliphatic hydroxyl groups is 1. The number of likely N-dealkylation sites (tertiary alicyclic amines) is 1. The lowest BCUT2D eigenvalue weighted by atomic mass is 9.99. The van der Waals surface area contributed by atoms with Gasteiger partial charge in [0.15, 0.2) is 11.5 Å². The van der Waals surface area contributed by atoms with Crippen molar-refractivity contribution >= 4 is 17.5 Å². The SMILES string of the molecule is O=C(c1cc(CN2CCC(O)CC2)on1)N1CCc2c(Cl)cccc2C1. The monoisotopic (exact) mass is 375 g/mol. The molecule has 6 nitrogen and oxygen atoms in total. The van der Waals surface area contributed by atoms with Crippen molar-refractivity contribution in [3.8, 4) is 0 Å². The van der Waals surface area contributed by atoms with Crippen molar-refractivity contribution in [3.05, 3.63) is 51.9 Å². The van der Waals surface area contributed by atoms with Crippen molar-refractivity contribution in [1.82, 2.24) is 15.0 Å². The van der Waals surface area contributed by atoms with Crippen molar-refractivity contribution in [2.75, 3.05) is 19.6 Å². The maximum Gasteiger partial charge on any atom is 0.276 e. The highest BCUT2D eigenvalue weighted by Crippen LogP contribution is 2.26. The molecule has 0 radical (unpaired) electrons. The summed E-state index contributed by atoms with van der Waals surface area (Å²) >= 11 is 6.24. The lowest BCUT2D eigenvalue weighted by molar-refractivity contribution is 0.0718. The van der Waals surface area contributed by atoms with Crippen LogP contribution in [0.3, 0.4) is 0 Å². The third-order valence-corrected chi connectivity index (χ3v) is 5.56. The minimum Gasteiger partial charge on any atom is -0.393 e. The average molecular weight is 376 g/mol. The molecule has 1 fully saturated rings. The Kier molecular flexibility index (Phi) is 4.98. The third kappa shape index (κ3) is 3.63. The van der Waals surface area contributed by atoms with Crippen LogP contribution in [0.1, 0.15) is 40.2 Å². The van der Waals surface area contributed by atoms with E-state index in [0.29, 0.717) is 31.1 Å². The van der Waals surface area contributed by atoms with Crippen molar-refractivity contribution in [2.24, 2.45) is 0 Å². The largest absolute Gasteiger partial charge is 0.393 e. The van der Waals surface area contributed by atoms with Gasteiger partial charge >= 0.3 is 0 Å². The summed E-state index contributed by atoms with van der Waals surface area (Å²) in [4.78, 5) is 16.8. The molecule has 2 aromatic rings. The van der Waals surface area contributed by atoms with Gasteiger partial charge in [-0.1, -0.05) is 28.9 Å². The van der Waals surface area contributed by atoms with Crippen molar-refractivity contribution in [3.63, 3.8) is 0 Å². The standard InChI is InChI=1S/C19H22ClN3O3/c20-17-3-1-2-13-11-23(9-6-16(13)17)19(25)18-10-15(26-21-18)12-22-7-4-14(24)5-8-22/h1-3,10,14,24H,4-9,11-12H2. The highest BCUT2D eigenvalue weighted by molar-refractivity contribution is 6.31. The van der Waals surface area contributed by atoms with E-state index in [0.717, 1.165) is 48.5 Å². The van der Waals surface area contributed by atoms with Crippen LogP contribution < -0.4 is 0 Å². The molecule has 1 saturated heterocycles. The topological polar surface area (TPSA) is 69.8 Å². The fourth-order valence-corrected chi connectivity index (χ4v) is 3.97. The number of halogens is 1. The van der Waals surface area contributed by atoms with Crippen molar-refractivity contribution < 1.29 is 14.4 Å². The normalized spacial score (nSPS) is 18.8. The van der Waals surface area contributed by atoms with Gasteiger partial charge in [0.05, 0.1) is 12.6 Å². The number of aromatic nitrogens is 1. The molecule has 1 amide bonds. The molecule has 138 valence electrons. The summed E-state index contributed by atoms with van der Waals surface area (Å²) in [6.45, 7) is 3.44. The molecule has 0 saturated carbocycles. The van der Waals surface area contributed by atoms with Gasteiger partial charge in [-0.2, -0.15) is 0 Å². The molecular formula is C19H22ClN3O3. The molecule has 7 heteroatoms. The van der Waals surface area contributed by atoms with E-state index in [1.54, 1.807) is 11.0 Å². The molecule has 2 aliphatic rings. The van der Waals surface area contributed by atoms with Gasteiger partial charge in [-0.05, 0) is 36.5 Å². The number of carbonyl (C=O) groups is 1. The number of piperidine rings is 1. The van der Waals surface area contributed by atoms with E-state index in [1.807, 2.05) is 18.2 Å². The zero-order valence-electron chi connectivity index (χ0n) is 14.5. The fraction of sp³-hybridized carbons (Fsp3) is 0.474. The zero-order chi connectivity index (χ0) is 18.1. The Balaban J connectivity index is 1.41. The number of nitrogens with zero attached hydrogens (tertiary/aromatic N) is 3. The van der Waals surface area contributed by atoms with E-state index in [4.69, 9.17) is 16.1 Å². The fourth-order valence-electron chi connectivity index (χ4n) is 3.68. The Labute approximate surface area is 157 Å². The number of carbonyl (C=O) groups excluding carboxylic acids is 1. The van der Waals surface area contributed by atoms with Crippen molar-refractivity contribution in [1.29, 1.82) is 0 Å². The highest BCUT2D eigenvalue weighted by atomic mass is 35.5. The second-order valence-corrected chi connectivity index (χ2v) is 7.45. The summed E-state index contributed by atoms with van der Waals surface area (Å²) in [7, 11) is 0. The molecule has 0 atom stereocenters. The molecule has 2 aliphatic heterocycles. The van der Waals surface area contributed by atoms with Gasteiger partial charge in [0.25, 0.3) is 5.91 Å². The lowest BCUT2D eigenvalue weighted by Crippen LogP contribution is -2.36. The Morgan fingerprint density at radius 2 is 2.12 bits per heavy atom. The van der Waals surface area contributed by atoms with Crippen LogP contribution in [-0.4, -0.2) is 51.7 Å². The third-order valence-electron chi connectivity index (χ3n) is 5.21. The molecule has 0 bridgehead atoms. The van der Waals surface area contributed by atoms with E-state index in [2.05, 4.69) is 10.1 Å². The molecule has 0 unspecified atom stereocenters. The summed E-state index contributed by atoms with van der Waals surface area (Å²) in [5.41, 5.74) is 2.57. The van der Waals surface area contributed by atoms with Crippen LogP contribution >= 0.6 is 11.6 Å². The number of benzene rings is 1. The van der Waals surface area contributed by atoms with Crippen LogP contribution in [0.5, 0.6) is 0 Å². The Bertz CT molecular complexity index is 799. The van der Waals surface area contributed by atoms with Gasteiger partial charge in [0.2, 0.25) is 0 Å². The minimum atomic E-state index is -0.200. The number of aliphatic hydroxyl groups excluding tert-OH is 1. The Hall–Kier alpha value is -1.89. The number of rotatable bonds is 3. The first-order valence-corrected chi connectivity index (χ1v) is 9.39. The van der Waals surface area contributed by atoms with Crippen LogP contribution in [0.4, 0.5) is 0 Å². The van der Waals surface area contributed by atoms with Crippen LogP contribution in [-0.2, 0) is 19.5 Å². The first-order chi connectivity index (χ1) is 12.6. The van der Waals surface area contributed by atoms with E-state index in [9.17, 15) is 9.90 Å². The van der Waals surface area contributed by atoms with Gasteiger partial charge in [0.1, 0.15) is 0 Å². The van der Waals surface area contributed by atoms with Gasteiger partial charge in [-0.15, -0.1) is 0 Å². The first-order valence-electron chi connectivity index (χ1n) is 9.01. The van der Waals surface area contributed by atoms with Gasteiger partial charge in [-0.3, -0.25) is 9.69 Å². The summed E-state index contributed by atoms with van der Waals surface area (Å²) in [5.74, 6) is 0.574. The molecule has 1 N–H and O–H groups in total. The zero-order valence-corrected chi connectivity index (χ0v) is 15.3. The Morgan fingerprint density at radius 1 is 1.31 bits per heavy atom. The summed E-state index contributed by atoms with van der Waals surface area (Å²) in [5, 5.41) is 14.3. The molecule has 4 rings (SSSR count). The number of fused-ring (bicyclic) bond motifs is 1. The first kappa shape index (κ1) is 17.5. The second-order valence-electron chi connectivity index (χ2n) is 7.04. The lowest BCUT2D eigenvalue weighted by Gasteiger charge is -2.28. The predicted molar refractivity (Wildman–Crippen MR) is 96.9 cm³/mol. The van der Waals surface area contributed by atoms with Crippen molar-refractivity contribution in [2.45, 2.75) is 38.5 Å². The van der Waals surface area contributed by atoms with Crippen LogP contribution in [0.15, 0.2) is 28.8 Å². The average Bonchev–Trinajstić information content (AvgIpc) is 3.11. The van der Waals surface area contributed by atoms with Crippen LogP contribution in [0.25, 0.3) is 0 Å². The van der Waals surface area contributed by atoms with Crippen LogP contribution in [0, 0.1) is 0 Å². The Morgan fingerprint density at radius 3 is 2.92 bits per heavy atom. The molecular weight excluding hydrogens is 354 g/mol. The highest BCUT2D eigenvalue weighted by Gasteiger charge is 2.26. The van der Waals surface area contributed by atoms with E-state index in [1.165, 1.54) is 0 Å².